The molecule has 3 rings (SSSR count). The molecule has 122 valence electrons. The van der Waals surface area contributed by atoms with Crippen molar-refractivity contribution in [2.45, 2.75) is 25.7 Å². The van der Waals surface area contributed by atoms with Gasteiger partial charge in [0.1, 0.15) is 5.56 Å². The first-order valence-corrected chi connectivity index (χ1v) is 7.85. The Hall–Kier alpha value is -2.44. The first-order chi connectivity index (χ1) is 11.0. The molecule has 1 fully saturated rings. The third-order valence-electron chi connectivity index (χ3n) is 4.33. The molecular weight excluding hydrogens is 294 g/mol. The van der Waals surface area contributed by atoms with Crippen molar-refractivity contribution in [1.82, 2.24) is 24.4 Å². The van der Waals surface area contributed by atoms with Crippen molar-refractivity contribution in [3.05, 3.63) is 29.7 Å². The van der Waals surface area contributed by atoms with E-state index in [4.69, 9.17) is 0 Å². The van der Waals surface area contributed by atoms with Gasteiger partial charge in [0, 0.05) is 45.7 Å². The fraction of sp³-hybridized carbons (Fsp3) is 0.500. The highest BCUT2D eigenvalue weighted by atomic mass is 16.2. The maximum Gasteiger partial charge on any atom is 0.258 e. The minimum atomic E-state index is -0.112. The number of hydrogen-bond acceptors (Lipinski definition) is 4. The molecule has 0 spiro atoms. The van der Waals surface area contributed by atoms with Crippen LogP contribution in [-0.4, -0.2) is 63.4 Å². The number of carbonyl (C=O) groups excluding carboxylic acids is 2. The van der Waals surface area contributed by atoms with E-state index < -0.39 is 0 Å². The minimum Gasteiger partial charge on any atom is -0.345 e. The van der Waals surface area contributed by atoms with E-state index in [1.807, 2.05) is 17.9 Å². The standard InChI is InChI=1S/C16H21N5O2/c1-4-14(22)20-8-6-11(10-20)13-5-7-17-15-12(9-18-21(13)15)16(23)19(2)3/h5,7,9,11H,4,6,8,10H2,1-3H3. The van der Waals surface area contributed by atoms with Crippen LogP contribution in [0.1, 0.15) is 41.7 Å². The van der Waals surface area contributed by atoms with Gasteiger partial charge < -0.3 is 9.80 Å². The number of aromatic nitrogens is 3. The van der Waals surface area contributed by atoms with Crippen molar-refractivity contribution < 1.29 is 9.59 Å². The molecule has 0 saturated carbocycles. The van der Waals surface area contributed by atoms with E-state index in [0.717, 1.165) is 18.7 Å². The Morgan fingerprint density at radius 1 is 1.39 bits per heavy atom. The van der Waals surface area contributed by atoms with Gasteiger partial charge in [0.15, 0.2) is 5.65 Å². The SMILES string of the molecule is CCC(=O)N1CCC(c2ccnc3c(C(=O)N(C)C)cnn23)C1. The second kappa shape index (κ2) is 5.98. The fourth-order valence-electron chi connectivity index (χ4n) is 3.06. The Bertz CT molecular complexity index is 752. The number of fused-ring (bicyclic) bond motifs is 1. The summed E-state index contributed by atoms with van der Waals surface area (Å²) in [7, 11) is 3.42. The van der Waals surface area contributed by atoms with Gasteiger partial charge in [-0.1, -0.05) is 6.92 Å². The molecule has 0 bridgehead atoms. The number of amides is 2. The molecule has 2 amide bonds. The van der Waals surface area contributed by atoms with Gasteiger partial charge in [-0.3, -0.25) is 9.59 Å². The zero-order chi connectivity index (χ0) is 16.6. The quantitative estimate of drug-likeness (QED) is 0.852. The van der Waals surface area contributed by atoms with E-state index in [1.165, 1.54) is 4.90 Å². The predicted octanol–water partition coefficient (Wildman–Crippen LogP) is 1.16. The summed E-state index contributed by atoms with van der Waals surface area (Å²) in [4.78, 5) is 31.8. The lowest BCUT2D eigenvalue weighted by molar-refractivity contribution is -0.129. The van der Waals surface area contributed by atoms with Crippen LogP contribution in [0.4, 0.5) is 0 Å². The Balaban J connectivity index is 1.94. The largest absolute Gasteiger partial charge is 0.345 e. The highest BCUT2D eigenvalue weighted by Crippen LogP contribution is 2.28. The van der Waals surface area contributed by atoms with E-state index in [9.17, 15) is 9.59 Å². The highest BCUT2D eigenvalue weighted by Gasteiger charge is 2.29. The van der Waals surface area contributed by atoms with Crippen LogP contribution in [0, 0.1) is 0 Å². The van der Waals surface area contributed by atoms with E-state index in [0.29, 0.717) is 24.2 Å². The molecule has 1 atom stereocenters. The smallest absolute Gasteiger partial charge is 0.258 e. The predicted molar refractivity (Wildman–Crippen MR) is 85.2 cm³/mol. The van der Waals surface area contributed by atoms with Gasteiger partial charge in [0.2, 0.25) is 5.91 Å². The van der Waals surface area contributed by atoms with Crippen molar-refractivity contribution in [1.29, 1.82) is 0 Å². The third kappa shape index (κ3) is 2.67. The first kappa shape index (κ1) is 15.5. The zero-order valence-electron chi connectivity index (χ0n) is 13.7. The molecule has 0 radical (unpaired) electrons. The van der Waals surface area contributed by atoms with E-state index >= 15 is 0 Å². The number of carbonyl (C=O) groups is 2. The molecule has 2 aromatic heterocycles. The molecule has 0 aromatic carbocycles. The van der Waals surface area contributed by atoms with Crippen molar-refractivity contribution in [2.75, 3.05) is 27.2 Å². The molecule has 0 aliphatic carbocycles. The first-order valence-electron chi connectivity index (χ1n) is 7.85. The van der Waals surface area contributed by atoms with Gasteiger partial charge >= 0.3 is 0 Å². The van der Waals surface area contributed by atoms with Gasteiger partial charge in [-0.2, -0.15) is 5.10 Å². The number of hydrogen-bond donors (Lipinski definition) is 0. The topological polar surface area (TPSA) is 70.8 Å². The van der Waals surface area contributed by atoms with Crippen molar-refractivity contribution in [3.8, 4) is 0 Å². The minimum absolute atomic E-state index is 0.112. The van der Waals surface area contributed by atoms with Crippen LogP contribution >= 0.6 is 0 Å². The maximum atomic E-state index is 12.2. The summed E-state index contributed by atoms with van der Waals surface area (Å²) in [6.07, 6.45) is 4.71. The van der Waals surface area contributed by atoms with Crippen LogP contribution in [0.15, 0.2) is 18.5 Å². The fourth-order valence-corrected chi connectivity index (χ4v) is 3.06. The molecular formula is C16H21N5O2. The second-order valence-corrected chi connectivity index (χ2v) is 6.04. The average molecular weight is 315 g/mol. The summed E-state index contributed by atoms with van der Waals surface area (Å²) in [6, 6.07) is 1.93. The molecule has 0 N–H and O–H groups in total. The molecule has 1 aliphatic rings. The molecule has 7 heteroatoms. The molecule has 2 aromatic rings. The van der Waals surface area contributed by atoms with Gasteiger partial charge in [-0.15, -0.1) is 0 Å². The molecule has 1 aliphatic heterocycles. The van der Waals surface area contributed by atoms with Crippen LogP contribution < -0.4 is 0 Å². The molecule has 3 heterocycles. The molecule has 7 nitrogen and oxygen atoms in total. The monoisotopic (exact) mass is 315 g/mol. The van der Waals surface area contributed by atoms with Crippen LogP contribution in [-0.2, 0) is 4.79 Å². The maximum absolute atomic E-state index is 12.2. The van der Waals surface area contributed by atoms with Gasteiger partial charge in [-0.05, 0) is 12.5 Å². The Kier molecular flexibility index (Phi) is 4.02. The lowest BCUT2D eigenvalue weighted by atomic mass is 10.0. The zero-order valence-corrected chi connectivity index (χ0v) is 13.7. The van der Waals surface area contributed by atoms with E-state index in [1.54, 1.807) is 31.0 Å². The normalized spacial score (nSPS) is 17.7. The lowest BCUT2D eigenvalue weighted by Gasteiger charge is -2.16. The summed E-state index contributed by atoms with van der Waals surface area (Å²) in [5, 5.41) is 4.36. The van der Waals surface area contributed by atoms with Crippen molar-refractivity contribution >= 4 is 17.5 Å². The van der Waals surface area contributed by atoms with Crippen LogP contribution in [0.25, 0.3) is 5.65 Å². The van der Waals surface area contributed by atoms with Crippen LogP contribution in [0.3, 0.4) is 0 Å². The van der Waals surface area contributed by atoms with Gasteiger partial charge in [-0.25, -0.2) is 9.50 Å². The molecule has 1 saturated heterocycles. The van der Waals surface area contributed by atoms with Gasteiger partial charge in [0.25, 0.3) is 5.91 Å². The van der Waals surface area contributed by atoms with Gasteiger partial charge in [0.05, 0.1) is 11.9 Å². The van der Waals surface area contributed by atoms with Crippen LogP contribution in [0.2, 0.25) is 0 Å². The Morgan fingerprint density at radius 3 is 2.87 bits per heavy atom. The second-order valence-electron chi connectivity index (χ2n) is 6.04. The molecule has 23 heavy (non-hydrogen) atoms. The third-order valence-corrected chi connectivity index (χ3v) is 4.33. The average Bonchev–Trinajstić information content (AvgIpc) is 3.20. The lowest BCUT2D eigenvalue weighted by Crippen LogP contribution is -2.27. The van der Waals surface area contributed by atoms with Crippen molar-refractivity contribution in [3.63, 3.8) is 0 Å². The van der Waals surface area contributed by atoms with E-state index in [-0.39, 0.29) is 17.7 Å². The summed E-state index contributed by atoms with van der Waals surface area (Å²) < 4.78 is 1.74. The highest BCUT2D eigenvalue weighted by molar-refractivity contribution is 5.99. The number of rotatable bonds is 3. The Labute approximate surface area is 134 Å². The number of likely N-dealkylation sites (tertiary alicyclic amines) is 1. The van der Waals surface area contributed by atoms with E-state index in [2.05, 4.69) is 10.1 Å². The summed E-state index contributed by atoms with van der Waals surface area (Å²) in [6.45, 7) is 3.35. The summed E-state index contributed by atoms with van der Waals surface area (Å²) >= 11 is 0. The number of nitrogens with zero attached hydrogens (tertiary/aromatic N) is 5. The summed E-state index contributed by atoms with van der Waals surface area (Å²) in [5.41, 5.74) is 2.07. The van der Waals surface area contributed by atoms with Crippen molar-refractivity contribution in [2.24, 2.45) is 0 Å². The van der Waals surface area contributed by atoms with Crippen LogP contribution in [0.5, 0.6) is 0 Å². The molecule has 1 unspecified atom stereocenters. The Morgan fingerprint density at radius 2 is 2.17 bits per heavy atom. The summed E-state index contributed by atoms with van der Waals surface area (Å²) in [5.74, 6) is 0.291.